The second kappa shape index (κ2) is 3.46. The van der Waals surface area contributed by atoms with Gasteiger partial charge in [0.2, 0.25) is 5.06 Å². The maximum absolute atomic E-state index is 5.25. The van der Waals surface area contributed by atoms with Crippen LogP contribution in [0, 0.1) is 0 Å². The molecule has 0 aliphatic rings. The van der Waals surface area contributed by atoms with Crippen molar-refractivity contribution in [2.24, 2.45) is 0 Å². The van der Waals surface area contributed by atoms with Crippen molar-refractivity contribution in [3.05, 3.63) is 11.4 Å². The van der Waals surface area contributed by atoms with Crippen molar-refractivity contribution in [3.63, 3.8) is 0 Å². The van der Waals surface area contributed by atoms with Crippen LogP contribution in [-0.2, 0) is 0 Å². The Hall–Kier alpha value is -0.700. The summed E-state index contributed by atoms with van der Waals surface area (Å²) in [6.07, 6.45) is 0. The third-order valence-corrected chi connectivity index (χ3v) is 1.94. The lowest BCUT2D eigenvalue weighted by molar-refractivity contribution is 0.316. The highest BCUT2D eigenvalue weighted by Gasteiger charge is 2.02. The monoisotopic (exact) mass is 158 g/mol. The van der Waals surface area contributed by atoms with Gasteiger partial charge in [-0.1, -0.05) is 0 Å². The second-order valence-corrected chi connectivity index (χ2v) is 2.59. The molecule has 1 aromatic rings. The molecule has 0 aromatic carbocycles. The van der Waals surface area contributed by atoms with Crippen LogP contribution < -0.4 is 9.47 Å². The number of hydrogen-bond donors (Lipinski definition) is 0. The van der Waals surface area contributed by atoms with E-state index in [2.05, 4.69) is 0 Å². The first kappa shape index (κ1) is 7.41. The average Bonchev–Trinajstić information content (AvgIpc) is 2.36. The molecule has 0 bridgehead atoms. The van der Waals surface area contributed by atoms with Crippen LogP contribution in [0.25, 0.3) is 0 Å². The fourth-order valence-electron chi connectivity index (χ4n) is 0.695. The van der Waals surface area contributed by atoms with Gasteiger partial charge in [-0.2, -0.15) is 0 Å². The minimum absolute atomic E-state index is 0.688. The molecule has 0 aliphatic heterocycles. The Balaban J connectivity index is 2.70. The first-order chi connectivity index (χ1) is 4.88. The van der Waals surface area contributed by atoms with Crippen molar-refractivity contribution in [2.75, 3.05) is 13.7 Å². The Morgan fingerprint density at radius 2 is 2.40 bits per heavy atom. The summed E-state index contributed by atoms with van der Waals surface area (Å²) in [5.74, 6) is 0.843. The van der Waals surface area contributed by atoms with Crippen LogP contribution >= 0.6 is 11.3 Å². The van der Waals surface area contributed by atoms with Gasteiger partial charge in [0.25, 0.3) is 0 Å². The summed E-state index contributed by atoms with van der Waals surface area (Å²) in [6.45, 7) is 2.64. The molecular weight excluding hydrogens is 148 g/mol. The predicted octanol–water partition coefficient (Wildman–Crippen LogP) is 2.16. The lowest BCUT2D eigenvalue weighted by Crippen LogP contribution is -1.91. The summed E-state index contributed by atoms with van der Waals surface area (Å²) < 4.78 is 10.3. The van der Waals surface area contributed by atoms with Crippen molar-refractivity contribution < 1.29 is 9.47 Å². The lowest BCUT2D eigenvalue weighted by atomic mass is 10.6. The predicted molar refractivity (Wildman–Crippen MR) is 42.0 cm³/mol. The smallest absolute Gasteiger partial charge is 0.216 e. The molecule has 0 saturated carbocycles. The first-order valence-corrected chi connectivity index (χ1v) is 4.00. The van der Waals surface area contributed by atoms with E-state index in [1.54, 1.807) is 18.4 Å². The van der Waals surface area contributed by atoms with Crippen LogP contribution in [0.4, 0.5) is 0 Å². The third-order valence-electron chi connectivity index (χ3n) is 1.08. The van der Waals surface area contributed by atoms with Crippen LogP contribution in [0.5, 0.6) is 10.8 Å². The van der Waals surface area contributed by atoms with Gasteiger partial charge in [-0.25, -0.2) is 0 Å². The summed E-state index contributed by atoms with van der Waals surface area (Å²) in [7, 11) is 1.65. The van der Waals surface area contributed by atoms with Gasteiger partial charge in [0, 0.05) is 0 Å². The molecule has 0 unspecified atom stereocenters. The maximum atomic E-state index is 5.25. The third kappa shape index (κ3) is 1.42. The summed E-state index contributed by atoms with van der Waals surface area (Å²) >= 11 is 1.54. The number of ether oxygens (including phenoxy) is 2. The molecule has 0 N–H and O–H groups in total. The normalized spacial score (nSPS) is 9.40. The van der Waals surface area contributed by atoms with Gasteiger partial charge in [0.05, 0.1) is 13.7 Å². The second-order valence-electron chi connectivity index (χ2n) is 1.71. The fraction of sp³-hybridized carbons (Fsp3) is 0.429. The van der Waals surface area contributed by atoms with Crippen molar-refractivity contribution in [3.8, 4) is 10.8 Å². The minimum Gasteiger partial charge on any atom is -0.489 e. The lowest BCUT2D eigenvalue weighted by Gasteiger charge is -2.01. The summed E-state index contributed by atoms with van der Waals surface area (Å²) in [5.41, 5.74) is 0. The van der Waals surface area contributed by atoms with E-state index < -0.39 is 0 Å². The Morgan fingerprint density at radius 1 is 1.60 bits per heavy atom. The van der Waals surface area contributed by atoms with Crippen molar-refractivity contribution in [1.29, 1.82) is 0 Å². The Morgan fingerprint density at radius 3 is 3.00 bits per heavy atom. The largest absolute Gasteiger partial charge is 0.489 e. The molecule has 0 spiro atoms. The standard InChI is InChI=1S/C7H10O2S/c1-3-9-6-4-5-10-7(6)8-2/h4-5H,3H2,1-2H3. The van der Waals surface area contributed by atoms with E-state index in [0.717, 1.165) is 10.8 Å². The maximum Gasteiger partial charge on any atom is 0.216 e. The highest BCUT2D eigenvalue weighted by molar-refractivity contribution is 7.12. The van der Waals surface area contributed by atoms with E-state index >= 15 is 0 Å². The molecule has 0 saturated heterocycles. The summed E-state index contributed by atoms with van der Waals surface area (Å²) in [4.78, 5) is 0. The van der Waals surface area contributed by atoms with E-state index in [4.69, 9.17) is 9.47 Å². The van der Waals surface area contributed by atoms with E-state index in [1.165, 1.54) is 0 Å². The van der Waals surface area contributed by atoms with Gasteiger partial charge in [-0.3, -0.25) is 0 Å². The Labute approximate surface area is 64.4 Å². The zero-order chi connectivity index (χ0) is 7.40. The van der Waals surface area contributed by atoms with E-state index in [-0.39, 0.29) is 0 Å². The Kier molecular flexibility index (Phi) is 2.57. The van der Waals surface area contributed by atoms with Crippen LogP contribution in [0.2, 0.25) is 0 Å². The van der Waals surface area contributed by atoms with E-state index in [9.17, 15) is 0 Å². The molecule has 3 heteroatoms. The molecule has 0 aliphatic carbocycles. The molecule has 0 fully saturated rings. The highest BCUT2D eigenvalue weighted by atomic mass is 32.1. The van der Waals surface area contributed by atoms with Crippen LogP contribution in [0.3, 0.4) is 0 Å². The molecule has 0 amide bonds. The zero-order valence-corrected chi connectivity index (χ0v) is 6.90. The number of rotatable bonds is 3. The number of hydrogen-bond acceptors (Lipinski definition) is 3. The molecule has 1 rings (SSSR count). The van der Waals surface area contributed by atoms with E-state index in [0.29, 0.717) is 6.61 Å². The highest BCUT2D eigenvalue weighted by Crippen LogP contribution is 2.32. The SMILES string of the molecule is CCOc1ccsc1OC. The van der Waals surface area contributed by atoms with Crippen LogP contribution in [0.15, 0.2) is 11.4 Å². The van der Waals surface area contributed by atoms with Gasteiger partial charge in [0.15, 0.2) is 5.75 Å². The molecule has 0 radical (unpaired) electrons. The zero-order valence-electron chi connectivity index (χ0n) is 6.09. The quantitative estimate of drug-likeness (QED) is 0.671. The van der Waals surface area contributed by atoms with Gasteiger partial charge in [-0.05, 0) is 18.4 Å². The summed E-state index contributed by atoms with van der Waals surface area (Å²) in [6, 6.07) is 1.91. The molecule has 2 nitrogen and oxygen atoms in total. The summed E-state index contributed by atoms with van der Waals surface area (Å²) in [5, 5.41) is 2.80. The van der Waals surface area contributed by atoms with Crippen LogP contribution in [-0.4, -0.2) is 13.7 Å². The fourth-order valence-corrected chi connectivity index (χ4v) is 1.35. The number of thiophene rings is 1. The minimum atomic E-state index is 0.688. The number of methoxy groups -OCH3 is 1. The van der Waals surface area contributed by atoms with Gasteiger partial charge >= 0.3 is 0 Å². The molecule has 0 atom stereocenters. The van der Waals surface area contributed by atoms with Gasteiger partial charge < -0.3 is 9.47 Å². The molecule has 1 heterocycles. The first-order valence-electron chi connectivity index (χ1n) is 3.12. The molecule has 56 valence electrons. The average molecular weight is 158 g/mol. The molecular formula is C7H10O2S. The molecule has 1 aromatic heterocycles. The van der Waals surface area contributed by atoms with Crippen molar-refractivity contribution in [2.45, 2.75) is 6.92 Å². The molecule has 10 heavy (non-hydrogen) atoms. The van der Waals surface area contributed by atoms with Crippen molar-refractivity contribution >= 4 is 11.3 Å². The van der Waals surface area contributed by atoms with E-state index in [1.807, 2.05) is 18.4 Å². The van der Waals surface area contributed by atoms with Crippen LogP contribution in [0.1, 0.15) is 6.92 Å². The van der Waals surface area contributed by atoms with Gasteiger partial charge in [0.1, 0.15) is 0 Å². The van der Waals surface area contributed by atoms with Gasteiger partial charge in [-0.15, -0.1) is 11.3 Å². The Bertz CT molecular complexity index is 195. The topological polar surface area (TPSA) is 18.5 Å². The van der Waals surface area contributed by atoms with Crippen molar-refractivity contribution in [1.82, 2.24) is 0 Å².